The summed E-state index contributed by atoms with van der Waals surface area (Å²) in [6.07, 6.45) is 0.174. The summed E-state index contributed by atoms with van der Waals surface area (Å²) >= 11 is 7.67. The number of aliphatic imine (C=N–C) groups is 1. The van der Waals surface area contributed by atoms with E-state index in [4.69, 9.17) is 16.3 Å². The van der Waals surface area contributed by atoms with E-state index in [0.717, 1.165) is 16.4 Å². The van der Waals surface area contributed by atoms with Crippen molar-refractivity contribution in [2.24, 2.45) is 4.99 Å². The van der Waals surface area contributed by atoms with Gasteiger partial charge in [0.2, 0.25) is 5.91 Å². The number of methoxy groups -OCH3 is 1. The van der Waals surface area contributed by atoms with Gasteiger partial charge in [-0.25, -0.2) is 9.79 Å². The molecule has 0 radical (unpaired) electrons. The monoisotopic (exact) mass is 433 g/mol. The van der Waals surface area contributed by atoms with Crippen molar-refractivity contribution >= 4 is 40.4 Å². The second-order valence-electron chi connectivity index (χ2n) is 7.91. The fourth-order valence-corrected chi connectivity index (χ4v) is 4.52. The second-order valence-corrected chi connectivity index (χ2v) is 9.19. The number of thioether (sulfide) groups is 1. The number of hydrogen-bond donors (Lipinski definition) is 1. The first-order chi connectivity index (χ1) is 13.6. The number of carbonyl (C=O) groups excluding carboxylic acids is 2. The Labute approximate surface area is 180 Å². The lowest BCUT2D eigenvalue weighted by molar-refractivity contribution is -0.136. The molecule has 2 aliphatic rings. The van der Waals surface area contributed by atoms with Gasteiger partial charge in [-0.2, -0.15) is 0 Å². The first kappa shape index (κ1) is 21.5. The number of esters is 1. The van der Waals surface area contributed by atoms with Gasteiger partial charge in [0.25, 0.3) is 0 Å². The van der Waals surface area contributed by atoms with Crippen LogP contribution in [0.3, 0.4) is 0 Å². The number of carbonyl (C=O) groups is 2. The molecule has 6 nitrogen and oxygen atoms in total. The first-order valence-electron chi connectivity index (χ1n) is 9.20. The summed E-state index contributed by atoms with van der Waals surface area (Å²) in [6.45, 7) is 7.60. The van der Waals surface area contributed by atoms with E-state index in [2.05, 4.69) is 10.3 Å². The van der Waals surface area contributed by atoms with Crippen LogP contribution in [0.1, 0.15) is 45.7 Å². The number of fused-ring (bicyclic) bond motifs is 1. The minimum absolute atomic E-state index is 0.0960. The van der Waals surface area contributed by atoms with Crippen LogP contribution in [0.15, 0.2) is 51.6 Å². The average molecular weight is 434 g/mol. The molecule has 0 spiro atoms. The van der Waals surface area contributed by atoms with Crippen LogP contribution in [0, 0.1) is 0 Å². The summed E-state index contributed by atoms with van der Waals surface area (Å²) < 4.78 is 5.04. The molecule has 3 rings (SSSR count). The third kappa shape index (κ3) is 4.67. The van der Waals surface area contributed by atoms with Gasteiger partial charge in [0.15, 0.2) is 5.17 Å². The van der Waals surface area contributed by atoms with Gasteiger partial charge in [-0.05, 0) is 50.8 Å². The van der Waals surface area contributed by atoms with Gasteiger partial charge in [0.1, 0.15) is 0 Å². The van der Waals surface area contributed by atoms with Crippen molar-refractivity contribution in [2.75, 3.05) is 7.11 Å². The summed E-state index contributed by atoms with van der Waals surface area (Å²) in [6, 6.07) is 6.88. The van der Waals surface area contributed by atoms with Gasteiger partial charge < -0.3 is 15.0 Å². The lowest BCUT2D eigenvalue weighted by Gasteiger charge is -2.36. The molecule has 0 aromatic heterocycles. The van der Waals surface area contributed by atoms with E-state index < -0.39 is 12.0 Å². The molecular formula is C21H24ClN3O3S. The third-order valence-corrected chi connectivity index (χ3v) is 5.55. The van der Waals surface area contributed by atoms with Gasteiger partial charge in [-0.1, -0.05) is 35.5 Å². The molecule has 0 fully saturated rings. The molecule has 1 aromatic carbocycles. The van der Waals surface area contributed by atoms with Crippen molar-refractivity contribution in [2.45, 2.75) is 45.7 Å². The number of allylic oxidation sites excluding steroid dienone is 1. The van der Waals surface area contributed by atoms with Crippen LogP contribution >= 0.6 is 23.4 Å². The van der Waals surface area contributed by atoms with Crippen LogP contribution in [-0.2, 0) is 14.3 Å². The van der Waals surface area contributed by atoms with Gasteiger partial charge in [-0.15, -0.1) is 0 Å². The van der Waals surface area contributed by atoms with Crippen molar-refractivity contribution in [3.05, 3.63) is 57.2 Å². The van der Waals surface area contributed by atoms with Gasteiger partial charge >= 0.3 is 5.97 Å². The van der Waals surface area contributed by atoms with E-state index in [1.165, 1.54) is 18.9 Å². The maximum atomic E-state index is 12.6. The Morgan fingerprint density at radius 3 is 2.69 bits per heavy atom. The molecule has 0 saturated heterocycles. The molecule has 8 heteroatoms. The minimum atomic E-state index is -0.475. The number of ether oxygens (including phenoxy) is 1. The number of benzene rings is 1. The van der Waals surface area contributed by atoms with E-state index in [1.54, 1.807) is 13.0 Å². The molecule has 0 saturated carbocycles. The SMILES string of the molecule is COC(=O)C1=C(C)N=C2SC=C(CC(=O)NC(C)(C)C)N2C1c1cccc(Cl)c1. The lowest BCUT2D eigenvalue weighted by atomic mass is 9.94. The minimum Gasteiger partial charge on any atom is -0.466 e. The fourth-order valence-electron chi connectivity index (χ4n) is 3.36. The summed E-state index contributed by atoms with van der Waals surface area (Å²) in [7, 11) is 1.35. The zero-order valence-corrected chi connectivity index (χ0v) is 18.6. The Bertz CT molecular complexity index is 947. The zero-order valence-electron chi connectivity index (χ0n) is 17.1. The molecule has 1 N–H and O–H groups in total. The summed E-state index contributed by atoms with van der Waals surface area (Å²) in [5.74, 6) is -0.549. The predicted octanol–water partition coefficient (Wildman–Crippen LogP) is 4.39. The Morgan fingerprint density at radius 2 is 2.07 bits per heavy atom. The maximum absolute atomic E-state index is 12.6. The number of amides is 1. The van der Waals surface area contributed by atoms with Gasteiger partial charge in [0, 0.05) is 16.3 Å². The van der Waals surface area contributed by atoms with E-state index >= 15 is 0 Å². The molecule has 1 atom stereocenters. The normalized spacial score (nSPS) is 18.8. The number of rotatable bonds is 4. The molecular weight excluding hydrogens is 410 g/mol. The topological polar surface area (TPSA) is 71.0 Å². The Hall–Kier alpha value is -2.25. The second kappa shape index (κ2) is 8.24. The third-order valence-electron chi connectivity index (χ3n) is 4.43. The smallest absolute Gasteiger partial charge is 0.338 e. The first-order valence-corrected chi connectivity index (χ1v) is 10.5. The van der Waals surface area contributed by atoms with Crippen molar-refractivity contribution in [3.63, 3.8) is 0 Å². The zero-order chi connectivity index (χ0) is 21.3. The number of nitrogens with zero attached hydrogens (tertiary/aromatic N) is 2. The summed E-state index contributed by atoms with van der Waals surface area (Å²) in [4.78, 5) is 31.7. The molecule has 2 heterocycles. The molecule has 0 bridgehead atoms. The molecule has 29 heavy (non-hydrogen) atoms. The van der Waals surface area contributed by atoms with Crippen molar-refractivity contribution in [1.82, 2.24) is 10.2 Å². The van der Waals surface area contributed by atoms with Crippen molar-refractivity contribution < 1.29 is 14.3 Å². The fraction of sp³-hybridized carbons (Fsp3) is 0.381. The Kier molecular flexibility index (Phi) is 6.10. The highest BCUT2D eigenvalue weighted by Crippen LogP contribution is 2.45. The summed E-state index contributed by atoms with van der Waals surface area (Å²) in [5.41, 5.74) is 2.29. The van der Waals surface area contributed by atoms with Gasteiger partial charge in [-0.3, -0.25) is 4.79 Å². The highest BCUT2D eigenvalue weighted by atomic mass is 35.5. The predicted molar refractivity (Wildman–Crippen MR) is 116 cm³/mol. The standard InChI is InChI=1S/C21H24ClN3O3S/c1-12-17(19(27)28-5)18(13-7-6-8-14(22)9-13)25-15(11-29-20(25)23-12)10-16(26)24-21(2,3)4/h6-9,11,18H,10H2,1-5H3,(H,24,26). The highest BCUT2D eigenvalue weighted by Gasteiger charge is 2.41. The van der Waals surface area contributed by atoms with Crippen LogP contribution < -0.4 is 5.32 Å². The van der Waals surface area contributed by atoms with Gasteiger partial charge in [0.05, 0.1) is 30.8 Å². The molecule has 2 aliphatic heterocycles. The summed E-state index contributed by atoms with van der Waals surface area (Å²) in [5, 5.41) is 6.17. The van der Waals surface area contributed by atoms with Crippen LogP contribution in [-0.4, -0.2) is 34.6 Å². The number of amidine groups is 1. The number of nitrogens with one attached hydrogen (secondary N) is 1. The average Bonchev–Trinajstić information content (AvgIpc) is 3.00. The molecule has 154 valence electrons. The maximum Gasteiger partial charge on any atom is 0.338 e. The largest absolute Gasteiger partial charge is 0.466 e. The van der Waals surface area contributed by atoms with E-state index in [9.17, 15) is 9.59 Å². The van der Waals surface area contributed by atoms with Crippen LogP contribution in [0.4, 0.5) is 0 Å². The number of hydrogen-bond acceptors (Lipinski definition) is 6. The van der Waals surface area contributed by atoms with Crippen LogP contribution in [0.2, 0.25) is 5.02 Å². The quantitative estimate of drug-likeness (QED) is 0.713. The Balaban J connectivity index is 2.02. The highest BCUT2D eigenvalue weighted by molar-refractivity contribution is 8.16. The van der Waals surface area contributed by atoms with E-state index in [1.807, 2.05) is 49.3 Å². The molecule has 1 unspecified atom stereocenters. The Morgan fingerprint density at radius 1 is 1.34 bits per heavy atom. The molecule has 1 amide bonds. The molecule has 1 aromatic rings. The van der Waals surface area contributed by atoms with Crippen LogP contribution in [0.25, 0.3) is 0 Å². The molecule has 0 aliphatic carbocycles. The number of halogens is 1. The van der Waals surface area contributed by atoms with Crippen molar-refractivity contribution in [3.8, 4) is 0 Å². The lowest BCUT2D eigenvalue weighted by Crippen LogP contribution is -2.42. The van der Waals surface area contributed by atoms with E-state index in [0.29, 0.717) is 16.3 Å². The van der Waals surface area contributed by atoms with Crippen LogP contribution in [0.5, 0.6) is 0 Å². The van der Waals surface area contributed by atoms with Crippen molar-refractivity contribution in [1.29, 1.82) is 0 Å². The van der Waals surface area contributed by atoms with E-state index in [-0.39, 0.29) is 17.9 Å².